The molecule has 0 bridgehead atoms. The number of aryl methyl sites for hydroxylation is 2. The van der Waals surface area contributed by atoms with Gasteiger partial charge in [0, 0.05) is 0 Å². The summed E-state index contributed by atoms with van der Waals surface area (Å²) in [4.78, 5) is 14.7. The zero-order valence-electron chi connectivity index (χ0n) is 11.4. The van der Waals surface area contributed by atoms with Crippen LogP contribution in [-0.4, -0.2) is 12.5 Å². The van der Waals surface area contributed by atoms with E-state index in [-0.39, 0.29) is 18.5 Å². The van der Waals surface area contributed by atoms with Gasteiger partial charge >= 0.3 is 5.91 Å². The van der Waals surface area contributed by atoms with Gasteiger partial charge in [-0.3, -0.25) is 4.79 Å². The maximum Gasteiger partial charge on any atom is 0.300 e. The maximum absolute atomic E-state index is 11.5. The van der Waals surface area contributed by atoms with E-state index in [0.29, 0.717) is 0 Å². The minimum Gasteiger partial charge on any atom is -0.343 e. The van der Waals surface area contributed by atoms with E-state index in [9.17, 15) is 4.79 Å². The van der Waals surface area contributed by atoms with Crippen LogP contribution in [0, 0.1) is 6.57 Å². The number of carbonyl (C=O) groups excluding carboxylic acids is 1. The van der Waals surface area contributed by atoms with Crippen LogP contribution >= 0.6 is 0 Å². The van der Waals surface area contributed by atoms with Gasteiger partial charge in [-0.2, -0.15) is 0 Å². The van der Waals surface area contributed by atoms with E-state index in [2.05, 4.69) is 35.3 Å². The Morgan fingerprint density at radius 3 is 2.79 bits per heavy atom. The molecule has 1 aromatic rings. The van der Waals surface area contributed by atoms with Crippen LogP contribution in [-0.2, 0) is 17.6 Å². The molecule has 1 atom stereocenters. The van der Waals surface area contributed by atoms with Crippen molar-refractivity contribution < 1.29 is 4.79 Å². The van der Waals surface area contributed by atoms with Gasteiger partial charge in [-0.25, -0.2) is 6.57 Å². The largest absolute Gasteiger partial charge is 0.343 e. The van der Waals surface area contributed by atoms with Crippen molar-refractivity contribution in [2.24, 2.45) is 0 Å². The summed E-state index contributed by atoms with van der Waals surface area (Å²) in [7, 11) is 0. The van der Waals surface area contributed by atoms with Gasteiger partial charge in [-0.05, 0) is 48.8 Å². The molecule has 0 saturated heterocycles. The first-order valence-electron chi connectivity index (χ1n) is 6.99. The summed E-state index contributed by atoms with van der Waals surface area (Å²) in [5.41, 5.74) is 4.06. The van der Waals surface area contributed by atoms with Crippen molar-refractivity contribution in [3.63, 3.8) is 0 Å². The fourth-order valence-corrected chi connectivity index (χ4v) is 2.70. The van der Waals surface area contributed by atoms with Crippen LogP contribution < -0.4 is 5.32 Å². The summed E-state index contributed by atoms with van der Waals surface area (Å²) in [6.45, 7) is 8.70. The van der Waals surface area contributed by atoms with Gasteiger partial charge < -0.3 is 10.2 Å². The van der Waals surface area contributed by atoms with E-state index < -0.39 is 0 Å². The average molecular weight is 256 g/mol. The third-order valence-corrected chi connectivity index (χ3v) is 3.74. The Hall–Kier alpha value is -1.82. The van der Waals surface area contributed by atoms with Gasteiger partial charge in [0.2, 0.25) is 0 Å². The quantitative estimate of drug-likeness (QED) is 0.825. The monoisotopic (exact) mass is 256 g/mol. The summed E-state index contributed by atoms with van der Waals surface area (Å²) in [6.07, 6.45) is 5.72. The topological polar surface area (TPSA) is 33.5 Å². The minimum absolute atomic E-state index is 0.0291. The lowest BCUT2D eigenvalue weighted by atomic mass is 9.89. The molecule has 0 heterocycles. The van der Waals surface area contributed by atoms with E-state index in [4.69, 9.17) is 6.57 Å². The van der Waals surface area contributed by atoms with Crippen molar-refractivity contribution in [3.8, 4) is 0 Å². The predicted molar refractivity (Wildman–Crippen MR) is 75.7 cm³/mol. The molecule has 3 nitrogen and oxygen atoms in total. The number of carbonyl (C=O) groups is 1. The normalized spacial score (nSPS) is 15.2. The summed E-state index contributed by atoms with van der Waals surface area (Å²) in [5, 5.41) is 2.94. The van der Waals surface area contributed by atoms with E-state index >= 15 is 0 Å². The Bertz CT molecular complexity index is 502. The summed E-state index contributed by atoms with van der Waals surface area (Å²) in [5.74, 6) is -0.181. The van der Waals surface area contributed by atoms with Gasteiger partial charge in [0.15, 0.2) is 0 Å². The molecule has 0 radical (unpaired) electrons. The molecule has 1 N–H and O–H groups in total. The third-order valence-electron chi connectivity index (χ3n) is 3.74. The maximum atomic E-state index is 11.5. The molecule has 1 amide bonds. The minimum atomic E-state index is -0.181. The number of amides is 1. The molecule has 1 unspecified atom stereocenters. The summed E-state index contributed by atoms with van der Waals surface area (Å²) >= 11 is 0. The van der Waals surface area contributed by atoms with Gasteiger partial charge in [-0.1, -0.05) is 25.1 Å². The number of nitrogens with zero attached hydrogens (tertiary/aromatic N) is 1. The highest BCUT2D eigenvalue weighted by Gasteiger charge is 2.16. The average Bonchev–Trinajstić information content (AvgIpc) is 2.44. The van der Waals surface area contributed by atoms with Gasteiger partial charge in [0.25, 0.3) is 6.54 Å². The summed E-state index contributed by atoms with van der Waals surface area (Å²) in [6, 6.07) is 6.59. The fourth-order valence-electron chi connectivity index (χ4n) is 2.70. The zero-order valence-corrected chi connectivity index (χ0v) is 11.4. The molecule has 0 spiro atoms. The van der Waals surface area contributed by atoms with Crippen LogP contribution in [0.15, 0.2) is 18.2 Å². The number of benzene rings is 1. The zero-order chi connectivity index (χ0) is 13.7. The Morgan fingerprint density at radius 1 is 1.37 bits per heavy atom. The standard InChI is InChI=1S/C16H20N2O/c1-3-15(18-16(19)11-17-2)14-9-8-12-6-4-5-7-13(12)10-14/h8-10,15H,3-7,11H2,1H3,(H,18,19). The highest BCUT2D eigenvalue weighted by molar-refractivity contribution is 5.79. The number of rotatable bonds is 4. The lowest BCUT2D eigenvalue weighted by molar-refractivity contribution is -0.119. The first-order valence-corrected chi connectivity index (χ1v) is 6.99. The second kappa shape index (κ2) is 6.38. The van der Waals surface area contributed by atoms with Crippen LogP contribution in [0.5, 0.6) is 0 Å². The molecule has 1 aliphatic carbocycles. The Kier molecular flexibility index (Phi) is 4.57. The lowest BCUT2D eigenvalue weighted by Crippen LogP contribution is -2.29. The molecule has 1 aromatic carbocycles. The molecule has 0 aliphatic heterocycles. The van der Waals surface area contributed by atoms with Crippen LogP contribution in [0.1, 0.15) is 48.9 Å². The molecule has 0 fully saturated rings. The van der Waals surface area contributed by atoms with Crippen LogP contribution in [0.4, 0.5) is 0 Å². The lowest BCUT2D eigenvalue weighted by Gasteiger charge is -2.21. The van der Waals surface area contributed by atoms with E-state index in [0.717, 1.165) is 12.8 Å². The van der Waals surface area contributed by atoms with E-state index in [1.165, 1.54) is 36.0 Å². The smallest absolute Gasteiger partial charge is 0.300 e. The van der Waals surface area contributed by atoms with E-state index in [1.807, 2.05) is 0 Å². The highest BCUT2D eigenvalue weighted by Crippen LogP contribution is 2.25. The van der Waals surface area contributed by atoms with Crippen LogP contribution in [0.3, 0.4) is 0 Å². The van der Waals surface area contributed by atoms with Gasteiger partial charge in [0.05, 0.1) is 6.04 Å². The second-order valence-corrected chi connectivity index (χ2v) is 5.08. The first-order chi connectivity index (χ1) is 9.24. The summed E-state index contributed by atoms with van der Waals surface area (Å²) < 4.78 is 0. The Labute approximate surface area is 114 Å². The molecular formula is C16H20N2O. The molecule has 0 saturated carbocycles. The predicted octanol–water partition coefficient (Wildman–Crippen LogP) is 3.05. The molecule has 2 rings (SSSR count). The molecular weight excluding hydrogens is 236 g/mol. The highest BCUT2D eigenvalue weighted by atomic mass is 16.1. The van der Waals surface area contributed by atoms with Crippen molar-refractivity contribution in [2.45, 2.75) is 45.1 Å². The van der Waals surface area contributed by atoms with Crippen LogP contribution in [0.2, 0.25) is 0 Å². The van der Waals surface area contributed by atoms with Crippen molar-refractivity contribution in [1.29, 1.82) is 0 Å². The SMILES string of the molecule is [C-]#[N+]CC(=O)NC(CC)c1ccc2c(c1)CCCC2. The number of fused-ring (bicyclic) bond motifs is 1. The van der Waals surface area contributed by atoms with Crippen molar-refractivity contribution in [2.75, 3.05) is 6.54 Å². The molecule has 19 heavy (non-hydrogen) atoms. The molecule has 100 valence electrons. The molecule has 0 aromatic heterocycles. The van der Waals surface area contributed by atoms with Gasteiger partial charge in [-0.15, -0.1) is 0 Å². The second-order valence-electron chi connectivity index (χ2n) is 5.08. The van der Waals surface area contributed by atoms with Crippen molar-refractivity contribution in [3.05, 3.63) is 46.3 Å². The van der Waals surface area contributed by atoms with Crippen LogP contribution in [0.25, 0.3) is 4.85 Å². The molecule has 3 heteroatoms. The van der Waals surface area contributed by atoms with Crippen molar-refractivity contribution >= 4 is 5.91 Å². The Morgan fingerprint density at radius 2 is 2.11 bits per heavy atom. The van der Waals surface area contributed by atoms with E-state index in [1.54, 1.807) is 0 Å². The molecule has 1 aliphatic rings. The Balaban J connectivity index is 2.14. The third kappa shape index (κ3) is 3.35. The number of hydrogen-bond donors (Lipinski definition) is 1. The van der Waals surface area contributed by atoms with Crippen molar-refractivity contribution in [1.82, 2.24) is 5.32 Å². The first kappa shape index (κ1) is 13.6. The number of hydrogen-bond acceptors (Lipinski definition) is 1. The fraction of sp³-hybridized carbons (Fsp3) is 0.500. The van der Waals surface area contributed by atoms with Gasteiger partial charge in [0.1, 0.15) is 0 Å². The number of nitrogens with one attached hydrogen (secondary N) is 1.